The molecule has 0 spiro atoms. The lowest BCUT2D eigenvalue weighted by atomic mass is 10.2. The van der Waals surface area contributed by atoms with E-state index in [9.17, 15) is 14.7 Å². The van der Waals surface area contributed by atoms with Crippen molar-refractivity contribution in [2.75, 3.05) is 20.1 Å². The summed E-state index contributed by atoms with van der Waals surface area (Å²) in [6, 6.07) is 2.43. The molecule has 1 fully saturated rings. The van der Waals surface area contributed by atoms with Gasteiger partial charge in [-0.25, -0.2) is 9.59 Å². The number of pyridine rings is 1. The monoisotopic (exact) mass is 293 g/mol. The van der Waals surface area contributed by atoms with Crippen molar-refractivity contribution in [2.45, 2.75) is 25.0 Å². The molecule has 21 heavy (non-hydrogen) atoms. The van der Waals surface area contributed by atoms with Gasteiger partial charge < -0.3 is 20.0 Å². The molecular formula is C14H19N3O4. The van der Waals surface area contributed by atoms with Crippen LogP contribution in [0.2, 0.25) is 0 Å². The summed E-state index contributed by atoms with van der Waals surface area (Å²) < 4.78 is 0. The van der Waals surface area contributed by atoms with Gasteiger partial charge in [-0.2, -0.15) is 0 Å². The highest BCUT2D eigenvalue weighted by Crippen LogP contribution is 2.19. The van der Waals surface area contributed by atoms with Gasteiger partial charge in [-0.15, -0.1) is 0 Å². The van der Waals surface area contributed by atoms with E-state index in [4.69, 9.17) is 5.11 Å². The summed E-state index contributed by atoms with van der Waals surface area (Å²) in [4.78, 5) is 30.1. The second-order valence-electron chi connectivity index (χ2n) is 5.21. The summed E-state index contributed by atoms with van der Waals surface area (Å²) in [5, 5.41) is 18.7. The Morgan fingerprint density at radius 3 is 2.71 bits per heavy atom. The fourth-order valence-corrected chi connectivity index (χ4v) is 2.42. The molecule has 2 rings (SSSR count). The third-order valence-electron chi connectivity index (χ3n) is 3.62. The van der Waals surface area contributed by atoms with Crippen molar-refractivity contribution >= 4 is 12.0 Å². The van der Waals surface area contributed by atoms with Gasteiger partial charge in [-0.3, -0.25) is 4.98 Å². The van der Waals surface area contributed by atoms with Gasteiger partial charge in [0.25, 0.3) is 0 Å². The summed E-state index contributed by atoms with van der Waals surface area (Å²) >= 11 is 0. The van der Waals surface area contributed by atoms with Crippen molar-refractivity contribution in [3.63, 3.8) is 0 Å². The van der Waals surface area contributed by atoms with E-state index < -0.39 is 18.1 Å². The Labute approximate surface area is 122 Å². The molecule has 1 aliphatic heterocycles. The van der Waals surface area contributed by atoms with E-state index in [0.717, 1.165) is 5.56 Å². The third kappa shape index (κ3) is 3.69. The molecule has 2 amide bonds. The Hall–Kier alpha value is -2.15. The molecule has 1 aromatic rings. The van der Waals surface area contributed by atoms with Crippen LogP contribution >= 0.6 is 0 Å². The Morgan fingerprint density at radius 1 is 1.43 bits per heavy atom. The smallest absolute Gasteiger partial charge is 0.326 e. The van der Waals surface area contributed by atoms with Gasteiger partial charge >= 0.3 is 12.0 Å². The second-order valence-corrected chi connectivity index (χ2v) is 5.21. The van der Waals surface area contributed by atoms with E-state index in [-0.39, 0.29) is 19.0 Å². The number of hydrogen-bond donors (Lipinski definition) is 2. The summed E-state index contributed by atoms with van der Waals surface area (Å²) in [5.74, 6) is -1.08. The highest BCUT2D eigenvalue weighted by Gasteiger charge is 2.39. The van der Waals surface area contributed by atoms with Crippen LogP contribution in [0.4, 0.5) is 4.79 Å². The fraction of sp³-hybridized carbons (Fsp3) is 0.500. The van der Waals surface area contributed by atoms with Crippen molar-refractivity contribution in [3.8, 4) is 0 Å². The molecule has 0 bridgehead atoms. The van der Waals surface area contributed by atoms with E-state index in [1.807, 2.05) is 12.1 Å². The van der Waals surface area contributed by atoms with Crippen LogP contribution in [0.3, 0.4) is 0 Å². The highest BCUT2D eigenvalue weighted by molar-refractivity contribution is 5.83. The van der Waals surface area contributed by atoms with Gasteiger partial charge in [-0.1, -0.05) is 0 Å². The molecule has 7 nitrogen and oxygen atoms in total. The first-order valence-corrected chi connectivity index (χ1v) is 6.80. The van der Waals surface area contributed by atoms with Gasteiger partial charge in [0.15, 0.2) is 0 Å². The van der Waals surface area contributed by atoms with Crippen LogP contribution in [0, 0.1) is 0 Å². The maximum absolute atomic E-state index is 12.3. The molecule has 114 valence electrons. The number of rotatable bonds is 4. The van der Waals surface area contributed by atoms with Gasteiger partial charge in [-0.05, 0) is 24.1 Å². The molecule has 2 N–H and O–H groups in total. The molecule has 7 heteroatoms. The molecule has 0 aromatic carbocycles. The first kappa shape index (κ1) is 15.2. The summed E-state index contributed by atoms with van der Waals surface area (Å²) in [6.07, 6.45) is 3.35. The van der Waals surface area contributed by atoms with Crippen molar-refractivity contribution in [1.29, 1.82) is 0 Å². The number of nitrogens with zero attached hydrogens (tertiary/aromatic N) is 3. The number of aliphatic carboxylic acids is 1. The quantitative estimate of drug-likeness (QED) is 0.827. The lowest BCUT2D eigenvalue weighted by molar-refractivity contribution is -0.141. The number of carbonyl (C=O) groups is 2. The van der Waals surface area contributed by atoms with Gasteiger partial charge in [0.2, 0.25) is 0 Å². The zero-order valence-corrected chi connectivity index (χ0v) is 11.8. The molecule has 0 saturated carbocycles. The lowest BCUT2D eigenvalue weighted by Crippen LogP contribution is -2.47. The number of urea groups is 1. The number of likely N-dealkylation sites (N-methyl/N-ethyl adjacent to an activating group) is 1. The lowest BCUT2D eigenvalue weighted by Gasteiger charge is -2.27. The second kappa shape index (κ2) is 6.53. The molecule has 0 unspecified atom stereocenters. The SMILES string of the molecule is CN(CCc1ccncc1)C(=O)N1C[C@H](O)C[C@H]1C(=O)O. The van der Waals surface area contributed by atoms with Crippen molar-refractivity contribution in [2.24, 2.45) is 0 Å². The molecule has 0 radical (unpaired) electrons. The molecular weight excluding hydrogens is 274 g/mol. The number of likely N-dealkylation sites (tertiary alicyclic amines) is 1. The standard InChI is InChI=1S/C14H19N3O4/c1-16(7-4-10-2-5-15-6-3-10)14(21)17-9-11(18)8-12(17)13(19)20/h2-3,5-6,11-12,18H,4,7-9H2,1H3,(H,19,20)/t11-,12+/m1/s1. The summed E-state index contributed by atoms with van der Waals surface area (Å²) in [7, 11) is 1.63. The fourth-order valence-electron chi connectivity index (χ4n) is 2.42. The summed E-state index contributed by atoms with van der Waals surface area (Å²) in [5.41, 5.74) is 1.06. The molecule has 2 atom stereocenters. The topological polar surface area (TPSA) is 94.0 Å². The summed E-state index contributed by atoms with van der Waals surface area (Å²) in [6.45, 7) is 0.539. The molecule has 1 aromatic heterocycles. The van der Waals surface area contributed by atoms with E-state index >= 15 is 0 Å². The Balaban J connectivity index is 1.94. The number of amides is 2. The predicted octanol–water partition coefficient (Wildman–Crippen LogP) is 0.196. The van der Waals surface area contributed by atoms with Gasteiger partial charge in [0.1, 0.15) is 6.04 Å². The minimum atomic E-state index is -1.08. The number of aliphatic hydroxyl groups excluding tert-OH is 1. The minimum absolute atomic E-state index is 0.0649. The van der Waals surface area contributed by atoms with E-state index in [0.29, 0.717) is 13.0 Å². The Kier molecular flexibility index (Phi) is 4.74. The zero-order valence-electron chi connectivity index (χ0n) is 11.8. The average Bonchev–Trinajstić information content (AvgIpc) is 2.87. The zero-order chi connectivity index (χ0) is 15.4. The number of carboxylic acid groups (broad SMARTS) is 1. The maximum atomic E-state index is 12.3. The average molecular weight is 293 g/mol. The largest absolute Gasteiger partial charge is 0.480 e. The number of carbonyl (C=O) groups excluding carboxylic acids is 1. The molecule has 1 aliphatic rings. The number of carboxylic acids is 1. The number of hydrogen-bond acceptors (Lipinski definition) is 4. The number of aliphatic hydroxyl groups is 1. The predicted molar refractivity (Wildman–Crippen MR) is 74.7 cm³/mol. The first-order valence-electron chi connectivity index (χ1n) is 6.80. The van der Waals surface area contributed by atoms with Crippen molar-refractivity contribution < 1.29 is 19.8 Å². The van der Waals surface area contributed by atoms with Crippen LogP contribution in [-0.4, -0.2) is 69.3 Å². The number of β-amino-alcohol motifs (C(OH)–C–C–N with tert-alkyl or cyclic N) is 1. The van der Waals surface area contributed by atoms with Crippen molar-refractivity contribution in [3.05, 3.63) is 30.1 Å². The van der Waals surface area contributed by atoms with E-state index in [2.05, 4.69) is 4.98 Å². The van der Waals surface area contributed by atoms with Crippen LogP contribution < -0.4 is 0 Å². The maximum Gasteiger partial charge on any atom is 0.326 e. The molecule has 2 heterocycles. The molecule has 1 saturated heterocycles. The van der Waals surface area contributed by atoms with Crippen LogP contribution in [0.1, 0.15) is 12.0 Å². The van der Waals surface area contributed by atoms with Crippen LogP contribution in [-0.2, 0) is 11.2 Å². The van der Waals surface area contributed by atoms with Crippen LogP contribution in [0.5, 0.6) is 0 Å². The highest BCUT2D eigenvalue weighted by atomic mass is 16.4. The Morgan fingerprint density at radius 2 is 2.10 bits per heavy atom. The number of aromatic nitrogens is 1. The van der Waals surface area contributed by atoms with Gasteiger partial charge in [0, 0.05) is 39.0 Å². The minimum Gasteiger partial charge on any atom is -0.480 e. The first-order chi connectivity index (χ1) is 9.99. The van der Waals surface area contributed by atoms with Crippen LogP contribution in [0.15, 0.2) is 24.5 Å². The van der Waals surface area contributed by atoms with Gasteiger partial charge in [0.05, 0.1) is 6.10 Å². The van der Waals surface area contributed by atoms with E-state index in [1.54, 1.807) is 19.4 Å². The van der Waals surface area contributed by atoms with E-state index in [1.165, 1.54) is 9.80 Å². The van der Waals surface area contributed by atoms with Crippen molar-refractivity contribution in [1.82, 2.24) is 14.8 Å². The third-order valence-corrected chi connectivity index (χ3v) is 3.62. The Bertz CT molecular complexity index is 508. The molecule has 0 aliphatic carbocycles. The van der Waals surface area contributed by atoms with Crippen LogP contribution in [0.25, 0.3) is 0 Å². The normalized spacial score (nSPS) is 21.3.